The lowest BCUT2D eigenvalue weighted by molar-refractivity contribution is -0.127. The summed E-state index contributed by atoms with van der Waals surface area (Å²) >= 11 is 6.68. The molecule has 0 aliphatic carbocycles. The number of benzene rings is 3. The van der Waals surface area contributed by atoms with Crippen LogP contribution >= 0.6 is 11.6 Å². The highest BCUT2D eigenvalue weighted by molar-refractivity contribution is 6.34. The summed E-state index contributed by atoms with van der Waals surface area (Å²) in [5.41, 5.74) is 2.22. The van der Waals surface area contributed by atoms with E-state index in [1.54, 1.807) is 53.2 Å². The summed E-state index contributed by atoms with van der Waals surface area (Å²) in [4.78, 5) is 33.2. The van der Waals surface area contributed by atoms with Crippen LogP contribution in [0.2, 0.25) is 5.02 Å². The van der Waals surface area contributed by atoms with Crippen molar-refractivity contribution >= 4 is 41.1 Å². The van der Waals surface area contributed by atoms with Gasteiger partial charge >= 0.3 is 0 Å². The number of carbonyl (C=O) groups is 2. The maximum Gasteiger partial charge on any atom is 0.246 e. The van der Waals surface area contributed by atoms with Crippen LogP contribution in [0.3, 0.4) is 0 Å². The van der Waals surface area contributed by atoms with Gasteiger partial charge in [-0.15, -0.1) is 0 Å². The predicted molar refractivity (Wildman–Crippen MR) is 149 cm³/mol. The zero-order valence-corrected chi connectivity index (χ0v) is 21.9. The fourth-order valence-electron chi connectivity index (χ4n) is 4.55. The van der Waals surface area contributed by atoms with Crippen molar-refractivity contribution in [3.63, 3.8) is 0 Å². The van der Waals surface area contributed by atoms with Gasteiger partial charge in [-0.2, -0.15) is 10.3 Å². The molecular formula is C29H25ClFN5O3. The Morgan fingerprint density at radius 1 is 1.15 bits per heavy atom. The number of aliphatic imine (C=N–C) groups is 1. The molecule has 10 heteroatoms. The summed E-state index contributed by atoms with van der Waals surface area (Å²) < 4.78 is 14.9. The molecule has 1 heterocycles. The number of amides is 2. The number of amidine groups is 1. The minimum absolute atomic E-state index is 0.0695. The average molecular weight is 546 g/mol. The second-order valence-corrected chi connectivity index (χ2v) is 9.19. The van der Waals surface area contributed by atoms with Gasteiger partial charge in [-0.25, -0.2) is 4.39 Å². The van der Waals surface area contributed by atoms with Gasteiger partial charge in [0.25, 0.3) is 0 Å². The zero-order chi connectivity index (χ0) is 28.1. The lowest BCUT2D eigenvalue weighted by atomic mass is 9.98. The van der Waals surface area contributed by atoms with Gasteiger partial charge in [0.1, 0.15) is 17.4 Å². The van der Waals surface area contributed by atoms with Gasteiger partial charge in [-0.3, -0.25) is 9.59 Å². The van der Waals surface area contributed by atoms with Crippen molar-refractivity contribution in [1.82, 2.24) is 9.80 Å². The molecule has 0 bridgehead atoms. The van der Waals surface area contributed by atoms with Gasteiger partial charge in [0.15, 0.2) is 0 Å². The van der Waals surface area contributed by atoms with Crippen molar-refractivity contribution in [2.45, 2.75) is 0 Å². The van der Waals surface area contributed by atoms with E-state index in [0.717, 1.165) is 0 Å². The fourth-order valence-corrected chi connectivity index (χ4v) is 4.81. The van der Waals surface area contributed by atoms with Crippen molar-refractivity contribution in [2.24, 2.45) is 4.99 Å². The molecule has 0 radical (unpaired) electrons. The van der Waals surface area contributed by atoms with Gasteiger partial charge in [-0.1, -0.05) is 30.3 Å². The summed E-state index contributed by atoms with van der Waals surface area (Å²) in [5, 5.41) is 20.0. The standard InChI is InChI=1S/C29H25ClFN5O3/c1-3-27(39)35-10-12-36(13-11-35)29(33-18-37)22-15-23(30)21(28-24(31)8-5-9-26(28)38)16-25(22)34(2)20-7-4-6-19(14-20)17-32/h3-9,14-16,18,38H,1,10-13H2,2H3/b33-29+. The Labute approximate surface area is 230 Å². The number of phenolic OH excluding ortho intramolecular Hbond substituents is 1. The van der Waals surface area contributed by atoms with Crippen LogP contribution in [0.25, 0.3) is 11.1 Å². The van der Waals surface area contributed by atoms with Crippen LogP contribution in [0.5, 0.6) is 5.75 Å². The first kappa shape index (κ1) is 27.4. The Bertz CT molecular complexity index is 1490. The Morgan fingerprint density at radius 2 is 1.85 bits per heavy atom. The topological polar surface area (TPSA) is 100 Å². The molecule has 2 amide bonds. The summed E-state index contributed by atoms with van der Waals surface area (Å²) in [6.07, 6.45) is 1.69. The molecule has 4 rings (SSSR count). The number of aromatic hydroxyl groups is 1. The molecule has 0 atom stereocenters. The van der Waals surface area contributed by atoms with E-state index in [1.807, 2.05) is 4.90 Å². The molecule has 1 aliphatic rings. The van der Waals surface area contributed by atoms with E-state index >= 15 is 0 Å². The minimum Gasteiger partial charge on any atom is -0.507 e. The van der Waals surface area contributed by atoms with Crippen molar-refractivity contribution in [2.75, 3.05) is 38.1 Å². The van der Waals surface area contributed by atoms with E-state index in [9.17, 15) is 24.3 Å². The molecule has 198 valence electrons. The largest absolute Gasteiger partial charge is 0.507 e. The number of halogens is 2. The van der Waals surface area contributed by atoms with Crippen LogP contribution in [-0.2, 0) is 9.59 Å². The lowest BCUT2D eigenvalue weighted by Gasteiger charge is -2.37. The van der Waals surface area contributed by atoms with E-state index in [4.69, 9.17) is 11.6 Å². The minimum atomic E-state index is -0.658. The SMILES string of the molecule is C=CC(=O)N1CCN(/C(=N/C=O)c2cc(Cl)c(-c3c(O)cccc3F)cc2N(C)c2cccc(C#N)c2)CC1. The normalized spacial score (nSPS) is 13.5. The van der Waals surface area contributed by atoms with Gasteiger partial charge in [-0.05, 0) is 48.5 Å². The molecule has 0 spiro atoms. The molecule has 8 nitrogen and oxygen atoms in total. The number of hydrogen-bond acceptors (Lipinski definition) is 5. The van der Waals surface area contributed by atoms with E-state index in [1.165, 1.54) is 24.3 Å². The fraction of sp³-hybridized carbons (Fsp3) is 0.172. The van der Waals surface area contributed by atoms with Gasteiger partial charge in [0.05, 0.1) is 22.9 Å². The number of carbonyl (C=O) groups excluding carboxylic acids is 2. The molecule has 1 saturated heterocycles. The summed E-state index contributed by atoms with van der Waals surface area (Å²) in [6, 6.07) is 16.2. The van der Waals surface area contributed by atoms with Gasteiger partial charge in [0, 0.05) is 55.1 Å². The van der Waals surface area contributed by atoms with Crippen LogP contribution < -0.4 is 4.90 Å². The van der Waals surface area contributed by atoms with Crippen molar-refractivity contribution < 1.29 is 19.1 Å². The number of piperazine rings is 1. The molecule has 3 aromatic carbocycles. The Morgan fingerprint density at radius 3 is 2.49 bits per heavy atom. The molecule has 3 aromatic rings. The first-order valence-electron chi connectivity index (χ1n) is 12.0. The second-order valence-electron chi connectivity index (χ2n) is 8.78. The van der Waals surface area contributed by atoms with Crippen molar-refractivity contribution in [3.05, 3.63) is 89.2 Å². The average Bonchev–Trinajstić information content (AvgIpc) is 2.95. The summed E-state index contributed by atoms with van der Waals surface area (Å²) in [5.74, 6) is -0.803. The number of nitrogens with zero attached hydrogens (tertiary/aromatic N) is 5. The van der Waals surface area contributed by atoms with Crippen LogP contribution in [-0.4, -0.2) is 66.3 Å². The molecule has 1 fully saturated rings. The van der Waals surface area contributed by atoms with Crippen LogP contribution in [0.15, 0.2) is 72.2 Å². The van der Waals surface area contributed by atoms with E-state index < -0.39 is 5.82 Å². The van der Waals surface area contributed by atoms with Crippen LogP contribution in [0, 0.1) is 17.1 Å². The first-order chi connectivity index (χ1) is 18.8. The lowest BCUT2D eigenvalue weighted by Crippen LogP contribution is -2.50. The monoisotopic (exact) mass is 545 g/mol. The third-order valence-electron chi connectivity index (χ3n) is 6.55. The molecule has 0 aromatic heterocycles. The first-order valence-corrected chi connectivity index (χ1v) is 12.4. The van der Waals surface area contributed by atoms with E-state index in [2.05, 4.69) is 17.6 Å². The molecule has 0 saturated carbocycles. The molecule has 1 N–H and O–H groups in total. The quantitative estimate of drug-likeness (QED) is 0.208. The number of nitriles is 1. The molecular weight excluding hydrogens is 521 g/mol. The summed E-state index contributed by atoms with van der Waals surface area (Å²) in [6.45, 7) is 5.12. The van der Waals surface area contributed by atoms with E-state index in [0.29, 0.717) is 60.9 Å². The predicted octanol–water partition coefficient (Wildman–Crippen LogP) is 4.72. The van der Waals surface area contributed by atoms with Gasteiger partial charge < -0.3 is 19.8 Å². The zero-order valence-electron chi connectivity index (χ0n) is 21.1. The summed E-state index contributed by atoms with van der Waals surface area (Å²) in [7, 11) is 1.76. The Kier molecular flexibility index (Phi) is 8.27. The highest BCUT2D eigenvalue weighted by Gasteiger charge is 2.27. The Balaban J connectivity index is 1.88. The number of phenols is 1. The maximum absolute atomic E-state index is 14.9. The Hall–Kier alpha value is -4.68. The molecule has 0 unspecified atom stereocenters. The van der Waals surface area contributed by atoms with Crippen molar-refractivity contribution in [1.29, 1.82) is 5.26 Å². The van der Waals surface area contributed by atoms with Gasteiger partial charge in [0.2, 0.25) is 12.3 Å². The van der Waals surface area contributed by atoms with Crippen LogP contribution in [0.1, 0.15) is 11.1 Å². The van der Waals surface area contributed by atoms with Crippen molar-refractivity contribution in [3.8, 4) is 22.9 Å². The number of anilines is 2. The third-order valence-corrected chi connectivity index (χ3v) is 6.86. The second kappa shape index (κ2) is 11.8. The number of rotatable bonds is 6. The van der Waals surface area contributed by atoms with E-state index in [-0.39, 0.29) is 27.8 Å². The third kappa shape index (κ3) is 5.61. The molecule has 39 heavy (non-hydrogen) atoms. The highest BCUT2D eigenvalue weighted by Crippen LogP contribution is 2.41. The van der Waals surface area contributed by atoms with Crippen LogP contribution in [0.4, 0.5) is 15.8 Å². The highest BCUT2D eigenvalue weighted by atomic mass is 35.5. The molecule has 1 aliphatic heterocycles. The number of hydrogen-bond donors (Lipinski definition) is 1. The smallest absolute Gasteiger partial charge is 0.246 e. The maximum atomic E-state index is 14.9.